The number of aromatic hydroxyl groups is 2. The van der Waals surface area contributed by atoms with E-state index in [1.54, 1.807) is 4.98 Å². The van der Waals surface area contributed by atoms with Gasteiger partial charge in [-0.25, -0.2) is 4.79 Å². The third kappa shape index (κ3) is 6.58. The minimum Gasteiger partial charge on any atom is -0.508 e. The lowest BCUT2D eigenvalue weighted by Gasteiger charge is -2.08. The number of alkyl halides is 6. The molecule has 29 heavy (non-hydrogen) atoms. The average molecular weight is 430 g/mol. The highest BCUT2D eigenvalue weighted by atomic mass is 19.4. The first-order chi connectivity index (χ1) is 13.2. The van der Waals surface area contributed by atoms with Crippen molar-refractivity contribution in [2.45, 2.75) is 19.3 Å². The molecular formula is C15H12F6N2O6. The Morgan fingerprint density at radius 2 is 1.48 bits per heavy atom. The van der Waals surface area contributed by atoms with E-state index in [-0.39, 0.29) is 12.7 Å². The zero-order valence-corrected chi connectivity index (χ0v) is 14.2. The first-order valence-electron chi connectivity index (χ1n) is 7.38. The van der Waals surface area contributed by atoms with Crippen LogP contribution < -0.4 is 11.1 Å². The Labute approximate surface area is 156 Å². The van der Waals surface area contributed by atoms with Crippen molar-refractivity contribution in [1.29, 1.82) is 0 Å². The van der Waals surface area contributed by atoms with Gasteiger partial charge in [0.25, 0.3) is 11.1 Å². The summed E-state index contributed by atoms with van der Waals surface area (Å²) in [5, 5.41) is 17.8. The number of pyridine rings is 2. The number of esters is 1. The molecule has 14 heteroatoms. The fraction of sp³-hybridized carbons (Fsp3) is 0.267. The molecule has 0 spiro atoms. The summed E-state index contributed by atoms with van der Waals surface area (Å²) in [6.45, 7) is 1.38. The van der Waals surface area contributed by atoms with Crippen LogP contribution in [0.1, 0.15) is 28.7 Å². The van der Waals surface area contributed by atoms with Crippen molar-refractivity contribution >= 4 is 5.97 Å². The first-order valence-corrected chi connectivity index (χ1v) is 7.38. The number of carbonyl (C=O) groups excluding carboxylic acids is 1. The van der Waals surface area contributed by atoms with Crippen molar-refractivity contribution in [3.63, 3.8) is 0 Å². The summed E-state index contributed by atoms with van der Waals surface area (Å²) in [6, 6.07) is 1.37. The number of halogens is 6. The normalized spacial score (nSPS) is 11.4. The predicted octanol–water partition coefficient (Wildman–Crippen LogP) is 2.38. The Kier molecular flexibility index (Phi) is 7.08. The number of rotatable bonds is 2. The van der Waals surface area contributed by atoms with Crippen molar-refractivity contribution < 1.29 is 46.1 Å². The van der Waals surface area contributed by atoms with Crippen LogP contribution >= 0.6 is 0 Å². The van der Waals surface area contributed by atoms with Crippen molar-refractivity contribution in [1.82, 2.24) is 9.97 Å². The number of ether oxygens (including phenoxy) is 1. The maximum Gasteiger partial charge on any atom is 0.431 e. The lowest BCUT2D eigenvalue weighted by Crippen LogP contribution is -2.23. The van der Waals surface area contributed by atoms with Crippen LogP contribution in [0.2, 0.25) is 0 Å². The van der Waals surface area contributed by atoms with Crippen molar-refractivity contribution in [3.8, 4) is 11.5 Å². The predicted molar refractivity (Wildman–Crippen MR) is 83.4 cm³/mol. The monoisotopic (exact) mass is 430 g/mol. The number of nitrogens with one attached hydrogen (secondary N) is 2. The Bertz CT molecular complexity index is 993. The molecule has 2 heterocycles. The standard InChI is InChI=1S/C9H8F3NO4.C6H4F3NO2/c1-2-17-8(16)6-4(14)3-5(9(10,11)12)13-7(6)15;7-6(8,9)4-1-3(11)2-5(12)10-4/h3H,2H2,1H3,(H2,13,14,15);1-2H,(H2,10,11,12). The smallest absolute Gasteiger partial charge is 0.431 e. The van der Waals surface area contributed by atoms with Gasteiger partial charge in [-0.3, -0.25) is 9.59 Å². The number of aromatic amines is 2. The van der Waals surface area contributed by atoms with Gasteiger partial charge in [-0.05, 0) is 6.92 Å². The molecular weight excluding hydrogens is 418 g/mol. The van der Waals surface area contributed by atoms with E-state index >= 15 is 0 Å². The number of carbonyl (C=O) groups is 1. The molecule has 0 radical (unpaired) electrons. The van der Waals surface area contributed by atoms with Gasteiger partial charge in [0.2, 0.25) is 0 Å². The third-order valence-corrected chi connectivity index (χ3v) is 2.93. The third-order valence-electron chi connectivity index (χ3n) is 2.93. The van der Waals surface area contributed by atoms with E-state index in [1.165, 1.54) is 11.9 Å². The maximum absolute atomic E-state index is 12.2. The Balaban J connectivity index is 0.000000308. The molecule has 0 bridgehead atoms. The van der Waals surface area contributed by atoms with Crippen molar-refractivity contribution in [2.24, 2.45) is 0 Å². The summed E-state index contributed by atoms with van der Waals surface area (Å²) in [6.07, 6.45) is -9.46. The summed E-state index contributed by atoms with van der Waals surface area (Å²) in [7, 11) is 0. The van der Waals surface area contributed by atoms with Gasteiger partial charge in [0, 0.05) is 18.2 Å². The molecule has 0 amide bonds. The number of H-pyrrole nitrogens is 2. The van der Waals surface area contributed by atoms with E-state index in [1.807, 2.05) is 0 Å². The van der Waals surface area contributed by atoms with Crippen LogP contribution in [0.15, 0.2) is 27.8 Å². The first kappa shape index (κ1) is 23.6. The summed E-state index contributed by atoms with van der Waals surface area (Å²) < 4.78 is 76.7. The molecule has 0 unspecified atom stereocenters. The highest BCUT2D eigenvalue weighted by Crippen LogP contribution is 2.29. The van der Waals surface area contributed by atoms with E-state index in [2.05, 4.69) is 4.74 Å². The fourth-order valence-electron chi connectivity index (χ4n) is 1.78. The average Bonchev–Trinajstić information content (AvgIpc) is 2.52. The second-order valence-electron chi connectivity index (χ2n) is 5.10. The van der Waals surface area contributed by atoms with Crippen LogP contribution in [0.4, 0.5) is 26.3 Å². The second-order valence-corrected chi connectivity index (χ2v) is 5.10. The fourth-order valence-corrected chi connectivity index (χ4v) is 1.78. The lowest BCUT2D eigenvalue weighted by molar-refractivity contribution is -0.142. The van der Waals surface area contributed by atoms with Gasteiger partial charge >= 0.3 is 18.3 Å². The van der Waals surface area contributed by atoms with Crippen molar-refractivity contribution in [2.75, 3.05) is 6.61 Å². The van der Waals surface area contributed by atoms with Gasteiger partial charge < -0.3 is 24.9 Å². The van der Waals surface area contributed by atoms with Crippen LogP contribution in [0, 0.1) is 0 Å². The van der Waals surface area contributed by atoms with Crippen LogP contribution in [0.5, 0.6) is 11.5 Å². The molecule has 0 atom stereocenters. The van der Waals surface area contributed by atoms with Crippen LogP contribution in [0.25, 0.3) is 0 Å². The highest BCUT2D eigenvalue weighted by molar-refractivity contribution is 5.91. The minimum absolute atomic E-state index is 0.0707. The Hall–Kier alpha value is -3.45. The van der Waals surface area contributed by atoms with Crippen LogP contribution in [-0.4, -0.2) is 32.8 Å². The van der Waals surface area contributed by atoms with Gasteiger partial charge in [-0.2, -0.15) is 26.3 Å². The van der Waals surface area contributed by atoms with Gasteiger partial charge in [-0.1, -0.05) is 0 Å². The van der Waals surface area contributed by atoms with E-state index in [0.29, 0.717) is 12.1 Å². The molecule has 2 aromatic heterocycles. The molecule has 0 saturated heterocycles. The van der Waals surface area contributed by atoms with Crippen molar-refractivity contribution in [3.05, 3.63) is 55.9 Å². The highest BCUT2D eigenvalue weighted by Gasteiger charge is 2.34. The molecule has 2 rings (SSSR count). The largest absolute Gasteiger partial charge is 0.508 e. The molecule has 160 valence electrons. The van der Waals surface area contributed by atoms with Crippen LogP contribution in [0.3, 0.4) is 0 Å². The van der Waals surface area contributed by atoms with Gasteiger partial charge in [0.05, 0.1) is 6.61 Å². The van der Waals surface area contributed by atoms with Gasteiger partial charge in [0.1, 0.15) is 22.9 Å². The zero-order valence-electron chi connectivity index (χ0n) is 14.2. The molecule has 2 aromatic rings. The second kappa shape index (κ2) is 8.70. The Morgan fingerprint density at radius 1 is 0.966 bits per heavy atom. The summed E-state index contributed by atoms with van der Waals surface area (Å²) in [5.41, 5.74) is -5.88. The summed E-state index contributed by atoms with van der Waals surface area (Å²) in [5.74, 6) is -2.95. The molecule has 0 aliphatic heterocycles. The van der Waals surface area contributed by atoms with E-state index in [0.717, 1.165) is 0 Å². The molecule has 0 aliphatic rings. The maximum atomic E-state index is 12.2. The number of hydrogen-bond donors (Lipinski definition) is 4. The number of hydrogen-bond acceptors (Lipinski definition) is 6. The molecule has 0 aromatic carbocycles. The summed E-state index contributed by atoms with van der Waals surface area (Å²) >= 11 is 0. The lowest BCUT2D eigenvalue weighted by atomic mass is 10.2. The number of aromatic nitrogens is 2. The van der Waals surface area contributed by atoms with E-state index < -0.39 is 57.9 Å². The molecule has 0 fully saturated rings. The quantitative estimate of drug-likeness (QED) is 0.427. The van der Waals surface area contributed by atoms with Gasteiger partial charge in [0.15, 0.2) is 5.56 Å². The van der Waals surface area contributed by atoms with Gasteiger partial charge in [-0.15, -0.1) is 0 Å². The SMILES string of the molecule is CCOC(=O)c1c(O)cc(C(F)(F)F)[nH]c1=O.O=c1cc(O)cc(C(F)(F)F)[nH]1. The molecule has 8 nitrogen and oxygen atoms in total. The molecule has 0 saturated carbocycles. The summed E-state index contributed by atoms with van der Waals surface area (Å²) in [4.78, 5) is 35.8. The minimum atomic E-state index is -4.82. The molecule has 4 N–H and O–H groups in total. The van der Waals surface area contributed by atoms with E-state index in [9.17, 15) is 45.8 Å². The van der Waals surface area contributed by atoms with E-state index in [4.69, 9.17) is 5.11 Å². The topological polar surface area (TPSA) is 132 Å². The zero-order chi connectivity index (χ0) is 22.6. The van der Waals surface area contributed by atoms with Crippen LogP contribution in [-0.2, 0) is 17.1 Å². The molecule has 0 aliphatic carbocycles. The Morgan fingerprint density at radius 3 is 1.90 bits per heavy atom.